The first-order chi connectivity index (χ1) is 9.81. The van der Waals surface area contributed by atoms with E-state index >= 15 is 0 Å². The molecule has 2 N–H and O–H groups in total. The molecule has 1 atom stereocenters. The lowest BCUT2D eigenvalue weighted by molar-refractivity contribution is -0.699. The molecule has 104 valence electrons. The predicted molar refractivity (Wildman–Crippen MR) is 77.9 cm³/mol. The zero-order chi connectivity index (χ0) is 14.2. The van der Waals surface area contributed by atoms with Crippen molar-refractivity contribution in [3.63, 3.8) is 0 Å². The lowest BCUT2D eigenvalue weighted by Gasteiger charge is -2.14. The molecule has 2 aromatic rings. The first-order valence-corrected chi connectivity index (χ1v) is 6.90. The number of esters is 1. The number of hydrogen-bond acceptors (Lipinski definition) is 2. The molecule has 0 saturated carbocycles. The van der Waals surface area contributed by atoms with E-state index in [0.29, 0.717) is 6.61 Å². The van der Waals surface area contributed by atoms with Crippen molar-refractivity contribution in [3.05, 3.63) is 71.8 Å². The maximum Gasteiger partial charge on any atom is 0.369 e. The molecule has 0 radical (unpaired) electrons. The summed E-state index contributed by atoms with van der Waals surface area (Å²) in [5.41, 5.74) is 2.17. The molecule has 0 aromatic heterocycles. The normalized spacial score (nSPS) is 11.8. The molecule has 0 saturated heterocycles. The molecule has 0 spiro atoms. The number of quaternary nitrogens is 1. The van der Waals surface area contributed by atoms with E-state index in [0.717, 1.165) is 12.1 Å². The summed E-state index contributed by atoms with van der Waals surface area (Å²) in [5.74, 6) is -0.186. The van der Waals surface area contributed by atoms with Crippen LogP contribution in [0.1, 0.15) is 24.1 Å². The van der Waals surface area contributed by atoms with Crippen LogP contribution < -0.4 is 5.32 Å². The third-order valence-electron chi connectivity index (χ3n) is 3.13. The fourth-order valence-electron chi connectivity index (χ4n) is 2.13. The van der Waals surface area contributed by atoms with E-state index in [1.54, 1.807) is 0 Å². The van der Waals surface area contributed by atoms with Gasteiger partial charge in [0.05, 0.1) is 6.61 Å². The Bertz CT molecular complexity index is 525. The highest BCUT2D eigenvalue weighted by atomic mass is 16.5. The maximum atomic E-state index is 12.1. The van der Waals surface area contributed by atoms with Crippen LogP contribution in [-0.4, -0.2) is 12.6 Å². The van der Waals surface area contributed by atoms with Crippen LogP contribution in [0.3, 0.4) is 0 Å². The van der Waals surface area contributed by atoms with Gasteiger partial charge in [-0.3, -0.25) is 0 Å². The van der Waals surface area contributed by atoms with E-state index in [1.165, 1.54) is 5.56 Å². The summed E-state index contributed by atoms with van der Waals surface area (Å²) in [4.78, 5) is 12.1. The Labute approximate surface area is 119 Å². The number of nitrogens with two attached hydrogens (primary N) is 1. The van der Waals surface area contributed by atoms with Gasteiger partial charge in [0.2, 0.25) is 6.04 Å². The smallest absolute Gasteiger partial charge is 0.369 e. The van der Waals surface area contributed by atoms with Crippen molar-refractivity contribution >= 4 is 5.97 Å². The Morgan fingerprint density at radius 2 is 1.65 bits per heavy atom. The van der Waals surface area contributed by atoms with Gasteiger partial charge >= 0.3 is 5.97 Å². The Kier molecular flexibility index (Phi) is 5.33. The largest absolute Gasteiger partial charge is 0.461 e. The Morgan fingerprint density at radius 3 is 2.25 bits per heavy atom. The van der Waals surface area contributed by atoms with Crippen LogP contribution in [0.25, 0.3) is 0 Å². The number of carbonyl (C=O) groups is 1. The molecule has 3 nitrogen and oxygen atoms in total. The topological polar surface area (TPSA) is 42.9 Å². The molecule has 2 aromatic carbocycles. The minimum absolute atomic E-state index is 0.186. The van der Waals surface area contributed by atoms with Crippen molar-refractivity contribution in [2.24, 2.45) is 0 Å². The third kappa shape index (κ3) is 3.93. The van der Waals surface area contributed by atoms with Gasteiger partial charge in [-0.1, -0.05) is 60.7 Å². The maximum absolute atomic E-state index is 12.1. The van der Waals surface area contributed by atoms with Crippen molar-refractivity contribution < 1.29 is 14.8 Å². The predicted octanol–water partition coefficient (Wildman–Crippen LogP) is 2.05. The second-order valence-electron chi connectivity index (χ2n) is 4.57. The zero-order valence-corrected chi connectivity index (χ0v) is 11.7. The second kappa shape index (κ2) is 7.46. The molecule has 20 heavy (non-hydrogen) atoms. The average molecular weight is 270 g/mol. The fraction of sp³-hybridized carbons (Fsp3) is 0.235. The summed E-state index contributed by atoms with van der Waals surface area (Å²) in [7, 11) is 0. The first-order valence-electron chi connectivity index (χ1n) is 6.90. The van der Waals surface area contributed by atoms with Crippen LogP contribution >= 0.6 is 0 Å². The first kappa shape index (κ1) is 14.3. The molecule has 0 fully saturated rings. The lowest BCUT2D eigenvalue weighted by atomic mass is 10.1. The molecule has 0 unspecified atom stereocenters. The van der Waals surface area contributed by atoms with Gasteiger partial charge in [-0.05, 0) is 6.92 Å². The van der Waals surface area contributed by atoms with E-state index in [9.17, 15) is 4.79 Å². The minimum atomic E-state index is -0.309. The third-order valence-corrected chi connectivity index (χ3v) is 3.13. The van der Waals surface area contributed by atoms with Gasteiger partial charge in [0.1, 0.15) is 6.54 Å². The summed E-state index contributed by atoms with van der Waals surface area (Å²) in [5, 5.41) is 2.02. The lowest BCUT2D eigenvalue weighted by Crippen LogP contribution is -2.85. The van der Waals surface area contributed by atoms with E-state index in [-0.39, 0.29) is 12.0 Å². The quantitative estimate of drug-likeness (QED) is 0.816. The summed E-state index contributed by atoms with van der Waals surface area (Å²) in [6, 6.07) is 19.6. The summed E-state index contributed by atoms with van der Waals surface area (Å²) in [6.07, 6.45) is 0. The van der Waals surface area contributed by atoms with Crippen molar-refractivity contribution in [3.8, 4) is 0 Å². The molecule has 3 heteroatoms. The molecular weight excluding hydrogens is 250 g/mol. The average Bonchev–Trinajstić information content (AvgIpc) is 2.50. The number of hydrogen-bond donors (Lipinski definition) is 1. The van der Waals surface area contributed by atoms with Gasteiger partial charge in [-0.2, -0.15) is 0 Å². The molecule has 0 aliphatic rings. The molecule has 0 amide bonds. The molecular formula is C17H20NO2+. The van der Waals surface area contributed by atoms with Crippen LogP contribution in [0.4, 0.5) is 0 Å². The van der Waals surface area contributed by atoms with Gasteiger partial charge in [-0.25, -0.2) is 4.79 Å². The van der Waals surface area contributed by atoms with Crippen LogP contribution in [-0.2, 0) is 16.1 Å². The standard InChI is InChI=1S/C17H19NO2/c1-2-20-17(19)16(15-11-7-4-8-12-15)18-13-14-9-5-3-6-10-14/h3-12,16,18H,2,13H2,1H3/p+1/t16-/m0/s1. The van der Waals surface area contributed by atoms with Crippen molar-refractivity contribution in [1.29, 1.82) is 0 Å². The fourth-order valence-corrected chi connectivity index (χ4v) is 2.13. The SMILES string of the molecule is CCOC(=O)[C@@H]([NH2+]Cc1ccccc1)c1ccccc1. The van der Waals surface area contributed by atoms with Gasteiger partial charge in [0.15, 0.2) is 0 Å². The van der Waals surface area contributed by atoms with Crippen molar-refractivity contribution in [2.45, 2.75) is 19.5 Å². The zero-order valence-electron chi connectivity index (χ0n) is 11.7. The van der Waals surface area contributed by atoms with Crippen LogP contribution in [0.2, 0.25) is 0 Å². The van der Waals surface area contributed by atoms with Gasteiger partial charge in [0.25, 0.3) is 0 Å². The van der Waals surface area contributed by atoms with Crippen LogP contribution in [0, 0.1) is 0 Å². The summed E-state index contributed by atoms with van der Waals surface area (Å²) in [6.45, 7) is 2.98. The van der Waals surface area contributed by atoms with E-state index < -0.39 is 0 Å². The molecule has 2 rings (SSSR count). The van der Waals surface area contributed by atoms with Crippen molar-refractivity contribution in [2.75, 3.05) is 6.61 Å². The number of carbonyl (C=O) groups excluding carboxylic acids is 1. The van der Waals surface area contributed by atoms with Crippen LogP contribution in [0.5, 0.6) is 0 Å². The summed E-state index contributed by atoms with van der Waals surface area (Å²) < 4.78 is 5.18. The Morgan fingerprint density at radius 1 is 1.05 bits per heavy atom. The van der Waals surface area contributed by atoms with Gasteiger partial charge in [-0.15, -0.1) is 0 Å². The van der Waals surface area contributed by atoms with Crippen molar-refractivity contribution in [1.82, 2.24) is 0 Å². The number of rotatable bonds is 6. The van der Waals surface area contributed by atoms with Gasteiger partial charge < -0.3 is 10.1 Å². The highest BCUT2D eigenvalue weighted by Crippen LogP contribution is 2.10. The number of ether oxygens (including phenoxy) is 1. The highest BCUT2D eigenvalue weighted by Gasteiger charge is 2.25. The van der Waals surface area contributed by atoms with E-state index in [4.69, 9.17) is 4.74 Å². The molecule has 0 aliphatic heterocycles. The Hall–Kier alpha value is -2.13. The van der Waals surface area contributed by atoms with E-state index in [2.05, 4.69) is 12.1 Å². The molecule has 0 aliphatic carbocycles. The summed E-state index contributed by atoms with van der Waals surface area (Å²) >= 11 is 0. The molecule has 0 bridgehead atoms. The molecule has 0 heterocycles. The second-order valence-corrected chi connectivity index (χ2v) is 4.57. The van der Waals surface area contributed by atoms with Crippen LogP contribution in [0.15, 0.2) is 60.7 Å². The van der Waals surface area contributed by atoms with Gasteiger partial charge in [0, 0.05) is 11.1 Å². The highest BCUT2D eigenvalue weighted by molar-refractivity contribution is 5.75. The van der Waals surface area contributed by atoms with E-state index in [1.807, 2.05) is 60.8 Å². The number of benzene rings is 2. The monoisotopic (exact) mass is 270 g/mol. The Balaban J connectivity index is 2.09. The minimum Gasteiger partial charge on any atom is -0.461 e.